The van der Waals surface area contributed by atoms with Crippen molar-refractivity contribution in [2.75, 3.05) is 0 Å². The maximum Gasteiger partial charge on any atom is 0.137 e. The van der Waals surface area contributed by atoms with Gasteiger partial charge in [-0.15, -0.1) is 0 Å². The molecule has 1 aromatic heterocycles. The topological polar surface area (TPSA) is 12.9 Å². The summed E-state index contributed by atoms with van der Waals surface area (Å²) in [6, 6.07) is 9.03. The van der Waals surface area contributed by atoms with Gasteiger partial charge in [-0.25, -0.2) is 4.39 Å². The molecule has 0 bridgehead atoms. The maximum atomic E-state index is 13.2. The molecular weight excluding hydrogens is 361 g/mol. The van der Waals surface area contributed by atoms with Gasteiger partial charge in [0.2, 0.25) is 0 Å². The first-order valence-electron chi connectivity index (χ1n) is 5.57. The summed E-state index contributed by atoms with van der Waals surface area (Å²) in [5, 5.41) is 0. The van der Waals surface area contributed by atoms with Gasteiger partial charge in [0.15, 0.2) is 0 Å². The van der Waals surface area contributed by atoms with Gasteiger partial charge < -0.3 is 0 Å². The first kappa shape index (κ1) is 13.7. The lowest BCUT2D eigenvalue weighted by molar-refractivity contribution is 0.620. The van der Waals surface area contributed by atoms with Crippen molar-refractivity contribution >= 4 is 31.9 Å². The molecule has 0 saturated carbocycles. The Kier molecular flexibility index (Phi) is 4.51. The van der Waals surface area contributed by atoms with Crippen molar-refractivity contribution in [2.24, 2.45) is 0 Å². The van der Waals surface area contributed by atoms with Gasteiger partial charge >= 0.3 is 0 Å². The molecule has 1 nitrogen and oxygen atoms in total. The number of aromatic nitrogens is 1. The monoisotopic (exact) mass is 371 g/mol. The molecule has 1 aromatic carbocycles. The predicted molar refractivity (Wildman–Crippen MR) is 78.4 cm³/mol. The van der Waals surface area contributed by atoms with Crippen LogP contribution in [-0.4, -0.2) is 4.98 Å². The van der Waals surface area contributed by atoms with Crippen LogP contribution in [-0.2, 0) is 6.42 Å². The molecule has 1 atom stereocenters. The first-order valence-corrected chi connectivity index (χ1v) is 7.28. The average Bonchev–Trinajstić information content (AvgIpc) is 2.35. The molecule has 0 amide bonds. The molecule has 0 aliphatic rings. The second-order valence-electron chi connectivity index (χ2n) is 4.11. The normalized spacial score (nSPS) is 12.4. The van der Waals surface area contributed by atoms with Crippen LogP contribution in [0.25, 0.3) is 0 Å². The number of pyridine rings is 1. The number of benzene rings is 1. The Bertz CT molecular complexity index is 557. The minimum Gasteiger partial charge on any atom is -0.261 e. The fourth-order valence-electron chi connectivity index (χ4n) is 1.73. The molecule has 0 spiro atoms. The molecule has 0 saturated heterocycles. The fraction of sp³-hybridized carbons (Fsp3) is 0.214. The van der Waals surface area contributed by atoms with E-state index < -0.39 is 0 Å². The van der Waals surface area contributed by atoms with Gasteiger partial charge in [-0.05, 0) is 52.2 Å². The predicted octanol–water partition coefficient (Wildman–Crippen LogP) is 4.97. The van der Waals surface area contributed by atoms with Crippen molar-refractivity contribution < 1.29 is 4.39 Å². The summed E-state index contributed by atoms with van der Waals surface area (Å²) in [4.78, 5) is 4.50. The van der Waals surface area contributed by atoms with Crippen LogP contribution in [0.4, 0.5) is 4.39 Å². The van der Waals surface area contributed by atoms with E-state index in [1.165, 1.54) is 11.6 Å². The number of hydrogen-bond donors (Lipinski definition) is 0. The van der Waals surface area contributed by atoms with Crippen molar-refractivity contribution in [1.82, 2.24) is 4.98 Å². The number of rotatable bonds is 3. The average molecular weight is 373 g/mol. The number of aryl methyl sites for hydroxylation is 1. The van der Waals surface area contributed by atoms with E-state index in [0.29, 0.717) is 4.47 Å². The Balaban J connectivity index is 2.19. The van der Waals surface area contributed by atoms with E-state index in [2.05, 4.69) is 36.8 Å². The summed E-state index contributed by atoms with van der Waals surface area (Å²) >= 11 is 6.84. The zero-order chi connectivity index (χ0) is 13.1. The largest absolute Gasteiger partial charge is 0.261 e. The molecule has 0 aliphatic heterocycles. The smallest absolute Gasteiger partial charge is 0.137 e. The lowest BCUT2D eigenvalue weighted by Crippen LogP contribution is -2.00. The van der Waals surface area contributed by atoms with Gasteiger partial charge in [0.1, 0.15) is 5.82 Å². The van der Waals surface area contributed by atoms with Crippen LogP contribution in [0.1, 0.15) is 21.6 Å². The molecule has 94 valence electrons. The number of halogens is 3. The van der Waals surface area contributed by atoms with Crippen LogP contribution in [0, 0.1) is 12.7 Å². The number of hydrogen-bond acceptors (Lipinski definition) is 1. The molecule has 18 heavy (non-hydrogen) atoms. The Labute approximate surface area is 123 Å². The van der Waals surface area contributed by atoms with Gasteiger partial charge in [-0.3, -0.25) is 4.98 Å². The quantitative estimate of drug-likeness (QED) is 0.693. The second kappa shape index (κ2) is 5.93. The summed E-state index contributed by atoms with van der Waals surface area (Å²) in [5.74, 6) is -0.243. The third-order valence-corrected chi connectivity index (χ3v) is 4.26. The first-order chi connectivity index (χ1) is 8.58. The number of alkyl halides is 1. The van der Waals surface area contributed by atoms with Crippen molar-refractivity contribution in [3.05, 3.63) is 63.6 Å². The van der Waals surface area contributed by atoms with Crippen molar-refractivity contribution in [3.8, 4) is 0 Å². The highest BCUT2D eigenvalue weighted by atomic mass is 79.9. The highest BCUT2D eigenvalue weighted by molar-refractivity contribution is 9.10. The standard InChI is InChI=1S/C14H12Br2FN/c1-9-3-2-6-18-14(9)8-11(15)10-4-5-13(17)12(16)7-10/h2-7,11H,8H2,1H3. The van der Waals surface area contributed by atoms with Crippen LogP contribution in [0.5, 0.6) is 0 Å². The molecule has 0 fully saturated rings. The van der Waals surface area contributed by atoms with Crippen LogP contribution >= 0.6 is 31.9 Å². The second-order valence-corrected chi connectivity index (χ2v) is 6.07. The van der Waals surface area contributed by atoms with E-state index in [9.17, 15) is 4.39 Å². The Morgan fingerprint density at radius 2 is 2.11 bits per heavy atom. The maximum absolute atomic E-state index is 13.2. The van der Waals surface area contributed by atoms with Crippen LogP contribution < -0.4 is 0 Å². The van der Waals surface area contributed by atoms with E-state index in [1.54, 1.807) is 18.3 Å². The lowest BCUT2D eigenvalue weighted by Gasteiger charge is -2.12. The zero-order valence-corrected chi connectivity index (χ0v) is 13.0. The highest BCUT2D eigenvalue weighted by Crippen LogP contribution is 2.30. The SMILES string of the molecule is Cc1cccnc1CC(Br)c1ccc(F)c(Br)c1. The van der Waals surface area contributed by atoms with Gasteiger partial charge in [0.25, 0.3) is 0 Å². The Hall–Kier alpha value is -0.740. The molecule has 0 radical (unpaired) electrons. The zero-order valence-electron chi connectivity index (χ0n) is 9.83. The molecule has 0 aliphatic carbocycles. The summed E-state index contributed by atoms with van der Waals surface area (Å²) in [5.41, 5.74) is 3.26. The molecule has 4 heteroatoms. The van der Waals surface area contributed by atoms with Gasteiger partial charge in [0.05, 0.1) is 4.47 Å². The Morgan fingerprint density at radius 1 is 1.33 bits per heavy atom. The molecule has 2 rings (SSSR count). The van der Waals surface area contributed by atoms with Gasteiger partial charge in [-0.2, -0.15) is 0 Å². The van der Waals surface area contributed by atoms with E-state index in [1.807, 2.05) is 19.1 Å². The van der Waals surface area contributed by atoms with E-state index in [0.717, 1.165) is 17.7 Å². The van der Waals surface area contributed by atoms with Crippen molar-refractivity contribution in [3.63, 3.8) is 0 Å². The number of nitrogens with zero attached hydrogens (tertiary/aromatic N) is 1. The van der Waals surface area contributed by atoms with E-state index in [4.69, 9.17) is 0 Å². The molecule has 1 heterocycles. The van der Waals surface area contributed by atoms with Gasteiger partial charge in [0, 0.05) is 23.1 Å². The van der Waals surface area contributed by atoms with Crippen molar-refractivity contribution in [2.45, 2.75) is 18.2 Å². The summed E-state index contributed by atoms with van der Waals surface area (Å²) in [6.07, 6.45) is 2.58. The minimum atomic E-state index is -0.243. The molecule has 2 aromatic rings. The third kappa shape index (κ3) is 3.18. The van der Waals surface area contributed by atoms with Gasteiger partial charge in [-0.1, -0.05) is 28.1 Å². The summed E-state index contributed by atoms with van der Waals surface area (Å²) < 4.78 is 13.7. The van der Waals surface area contributed by atoms with Crippen LogP contribution in [0.3, 0.4) is 0 Å². The highest BCUT2D eigenvalue weighted by Gasteiger charge is 2.12. The fourth-order valence-corrected chi connectivity index (χ4v) is 2.71. The van der Waals surface area contributed by atoms with Crippen LogP contribution in [0.15, 0.2) is 41.0 Å². The summed E-state index contributed by atoms with van der Waals surface area (Å²) in [7, 11) is 0. The van der Waals surface area contributed by atoms with Crippen LogP contribution in [0.2, 0.25) is 0 Å². The lowest BCUT2D eigenvalue weighted by atomic mass is 10.1. The van der Waals surface area contributed by atoms with Crippen molar-refractivity contribution in [1.29, 1.82) is 0 Å². The molecular formula is C14H12Br2FN. The van der Waals surface area contributed by atoms with E-state index in [-0.39, 0.29) is 10.6 Å². The van der Waals surface area contributed by atoms with E-state index >= 15 is 0 Å². The summed E-state index contributed by atoms with van der Waals surface area (Å²) in [6.45, 7) is 2.04. The molecule has 0 N–H and O–H groups in total. The Morgan fingerprint density at radius 3 is 2.78 bits per heavy atom. The molecule has 1 unspecified atom stereocenters. The minimum absolute atomic E-state index is 0.128. The third-order valence-electron chi connectivity index (χ3n) is 2.80.